The molecule has 0 spiro atoms. The van der Waals surface area contributed by atoms with Gasteiger partial charge in [0.2, 0.25) is 0 Å². The highest BCUT2D eigenvalue weighted by molar-refractivity contribution is 7.07. The van der Waals surface area contributed by atoms with Crippen molar-refractivity contribution in [3.63, 3.8) is 0 Å². The number of nitrogens with two attached hydrogens (primary N) is 1. The molecule has 2 fully saturated rings. The Morgan fingerprint density at radius 2 is 2.42 bits per heavy atom. The quantitative estimate of drug-likeness (QED) is 0.759. The van der Waals surface area contributed by atoms with Crippen LogP contribution in [-0.4, -0.2) is 29.8 Å². The average molecular weight is 283 g/mol. The van der Waals surface area contributed by atoms with E-state index in [0.29, 0.717) is 18.6 Å². The first-order chi connectivity index (χ1) is 8.95. The lowest BCUT2D eigenvalue weighted by Gasteiger charge is -2.62. The summed E-state index contributed by atoms with van der Waals surface area (Å²) in [6.07, 6.45) is 1.36. The molecular weight excluding hydrogens is 262 g/mol. The van der Waals surface area contributed by atoms with Gasteiger partial charge in [-0.15, -0.1) is 0 Å². The third-order valence-corrected chi connectivity index (χ3v) is 5.69. The van der Waals surface area contributed by atoms with E-state index in [0.717, 1.165) is 25.3 Å². The molecule has 2 aliphatic rings. The van der Waals surface area contributed by atoms with Gasteiger partial charge in [0.15, 0.2) is 0 Å². The minimum Gasteiger partial charge on any atom is -0.377 e. The van der Waals surface area contributed by atoms with E-state index in [-0.39, 0.29) is 15.8 Å². The van der Waals surface area contributed by atoms with Crippen molar-refractivity contribution in [3.05, 3.63) is 20.7 Å². The summed E-state index contributed by atoms with van der Waals surface area (Å²) in [4.78, 5) is 13.9. The van der Waals surface area contributed by atoms with Gasteiger partial charge in [-0.05, 0) is 6.42 Å². The highest BCUT2D eigenvalue weighted by atomic mass is 32.1. The molecule has 0 amide bonds. The largest absolute Gasteiger partial charge is 0.377 e. The Morgan fingerprint density at radius 3 is 3.11 bits per heavy atom. The van der Waals surface area contributed by atoms with Crippen molar-refractivity contribution in [2.24, 2.45) is 17.1 Å². The second kappa shape index (κ2) is 4.41. The fourth-order valence-electron chi connectivity index (χ4n) is 3.64. The fourth-order valence-corrected chi connectivity index (χ4v) is 4.22. The normalized spacial score (nSPS) is 35.9. The molecule has 1 aromatic rings. The summed E-state index contributed by atoms with van der Waals surface area (Å²) < 4.78 is 5.78. The molecule has 1 saturated heterocycles. The zero-order valence-corrected chi connectivity index (χ0v) is 12.2. The highest BCUT2D eigenvalue weighted by Gasteiger charge is 2.67. The van der Waals surface area contributed by atoms with Crippen LogP contribution in [0.4, 0.5) is 0 Å². The number of thiazole rings is 1. The van der Waals surface area contributed by atoms with E-state index in [4.69, 9.17) is 10.5 Å². The molecule has 3 rings (SSSR count). The van der Waals surface area contributed by atoms with Crippen LogP contribution in [0.2, 0.25) is 0 Å². The lowest BCUT2D eigenvalue weighted by atomic mass is 9.48. The molecule has 6 heteroatoms. The number of ether oxygens (including phenoxy) is 1. The molecule has 5 nitrogen and oxygen atoms in total. The third kappa shape index (κ3) is 1.89. The Balaban J connectivity index is 1.61. The molecule has 1 aliphatic carbocycles. The Labute approximate surface area is 116 Å². The van der Waals surface area contributed by atoms with Crippen LogP contribution in [0.15, 0.2) is 10.2 Å². The topological polar surface area (TPSA) is 80.1 Å². The van der Waals surface area contributed by atoms with E-state index in [1.807, 2.05) is 5.38 Å². The molecular formula is C13H21N3O2S. The van der Waals surface area contributed by atoms with Crippen LogP contribution in [0.1, 0.15) is 26.0 Å². The third-order valence-electron chi connectivity index (χ3n) is 4.97. The van der Waals surface area contributed by atoms with Crippen molar-refractivity contribution in [3.8, 4) is 0 Å². The van der Waals surface area contributed by atoms with Gasteiger partial charge in [0.25, 0.3) is 0 Å². The molecule has 19 heavy (non-hydrogen) atoms. The molecule has 1 aliphatic heterocycles. The standard InChI is InChI=1S/C13H21N3O2S/c1-12(2)10-9(3-4-18-10)13(12,14)7-15-5-8-6-19-11(17)16-8/h6,9-10,15H,3-5,7,14H2,1-2H3,(H,16,17). The molecule has 1 aromatic heterocycles. The molecule has 4 N–H and O–H groups in total. The number of nitrogens with one attached hydrogen (secondary N) is 2. The van der Waals surface area contributed by atoms with Crippen LogP contribution in [-0.2, 0) is 11.3 Å². The predicted molar refractivity (Wildman–Crippen MR) is 75.2 cm³/mol. The summed E-state index contributed by atoms with van der Waals surface area (Å²) in [5.74, 6) is 0.455. The Morgan fingerprint density at radius 1 is 1.63 bits per heavy atom. The summed E-state index contributed by atoms with van der Waals surface area (Å²) in [7, 11) is 0. The van der Waals surface area contributed by atoms with Crippen LogP contribution < -0.4 is 15.9 Å². The monoisotopic (exact) mass is 283 g/mol. The number of H-pyrrole nitrogens is 1. The number of hydrogen-bond donors (Lipinski definition) is 3. The van der Waals surface area contributed by atoms with Crippen LogP contribution in [0.25, 0.3) is 0 Å². The van der Waals surface area contributed by atoms with Crippen LogP contribution in [0, 0.1) is 11.3 Å². The van der Waals surface area contributed by atoms with Gasteiger partial charge in [-0.25, -0.2) is 0 Å². The van der Waals surface area contributed by atoms with Gasteiger partial charge in [-0.2, -0.15) is 0 Å². The lowest BCUT2D eigenvalue weighted by Crippen LogP contribution is -2.77. The number of aromatic nitrogens is 1. The van der Waals surface area contributed by atoms with Crippen molar-refractivity contribution >= 4 is 11.3 Å². The van der Waals surface area contributed by atoms with E-state index in [9.17, 15) is 4.79 Å². The first-order valence-electron chi connectivity index (χ1n) is 6.73. The van der Waals surface area contributed by atoms with Crippen molar-refractivity contribution in [1.29, 1.82) is 0 Å². The summed E-state index contributed by atoms with van der Waals surface area (Å²) >= 11 is 1.19. The lowest BCUT2D eigenvalue weighted by molar-refractivity contribution is -0.153. The Bertz CT molecular complexity index is 524. The number of aromatic amines is 1. The van der Waals surface area contributed by atoms with Crippen LogP contribution in [0.5, 0.6) is 0 Å². The molecule has 0 bridgehead atoms. The van der Waals surface area contributed by atoms with E-state index in [2.05, 4.69) is 24.1 Å². The molecule has 3 unspecified atom stereocenters. The molecule has 2 heterocycles. The number of fused-ring (bicyclic) bond motifs is 1. The maximum Gasteiger partial charge on any atom is 0.304 e. The molecule has 3 atom stereocenters. The number of hydrogen-bond acceptors (Lipinski definition) is 5. The molecule has 1 saturated carbocycles. The molecule has 106 valence electrons. The number of rotatable bonds is 4. The first kappa shape index (κ1) is 13.3. The maximum atomic E-state index is 11.1. The SMILES string of the molecule is CC1(C)C2OCCC2C1(N)CNCc1csc(=O)[nH]1. The van der Waals surface area contributed by atoms with E-state index < -0.39 is 0 Å². The Kier molecular flexibility index (Phi) is 3.09. The molecule has 0 radical (unpaired) electrons. The first-order valence-corrected chi connectivity index (χ1v) is 7.61. The summed E-state index contributed by atoms with van der Waals surface area (Å²) in [6, 6.07) is 0. The minimum absolute atomic E-state index is 0.00320. The van der Waals surface area contributed by atoms with Crippen LogP contribution in [0.3, 0.4) is 0 Å². The summed E-state index contributed by atoms with van der Waals surface area (Å²) in [5, 5.41) is 5.23. The van der Waals surface area contributed by atoms with Crippen molar-refractivity contribution in [2.45, 2.75) is 38.5 Å². The van der Waals surface area contributed by atoms with Gasteiger partial charge in [-0.3, -0.25) is 4.79 Å². The maximum absolute atomic E-state index is 11.1. The fraction of sp³-hybridized carbons (Fsp3) is 0.769. The smallest absolute Gasteiger partial charge is 0.304 e. The van der Waals surface area contributed by atoms with Gasteiger partial charge in [-0.1, -0.05) is 25.2 Å². The van der Waals surface area contributed by atoms with Gasteiger partial charge in [0, 0.05) is 47.6 Å². The van der Waals surface area contributed by atoms with Gasteiger partial charge >= 0.3 is 4.87 Å². The predicted octanol–water partition coefficient (Wildman–Crippen LogP) is 0.668. The van der Waals surface area contributed by atoms with E-state index in [1.165, 1.54) is 11.3 Å². The molecule has 0 aromatic carbocycles. The van der Waals surface area contributed by atoms with Crippen molar-refractivity contribution < 1.29 is 4.74 Å². The van der Waals surface area contributed by atoms with Crippen LogP contribution >= 0.6 is 11.3 Å². The van der Waals surface area contributed by atoms with Crippen molar-refractivity contribution in [1.82, 2.24) is 10.3 Å². The average Bonchev–Trinajstić information content (AvgIpc) is 2.97. The Hall–Kier alpha value is -0.690. The summed E-state index contributed by atoms with van der Waals surface area (Å²) in [5.41, 5.74) is 7.33. The van der Waals surface area contributed by atoms with Crippen molar-refractivity contribution in [2.75, 3.05) is 13.2 Å². The van der Waals surface area contributed by atoms with E-state index >= 15 is 0 Å². The summed E-state index contributed by atoms with van der Waals surface area (Å²) in [6.45, 7) is 6.62. The van der Waals surface area contributed by atoms with Gasteiger partial charge in [0.05, 0.1) is 6.10 Å². The second-order valence-corrected chi connectivity index (χ2v) is 7.07. The van der Waals surface area contributed by atoms with E-state index in [1.54, 1.807) is 0 Å². The highest BCUT2D eigenvalue weighted by Crippen LogP contribution is 2.57. The van der Waals surface area contributed by atoms with Gasteiger partial charge in [0.1, 0.15) is 0 Å². The minimum atomic E-state index is -0.218. The zero-order chi connectivity index (χ0) is 13.7. The van der Waals surface area contributed by atoms with Gasteiger partial charge < -0.3 is 20.8 Å². The second-order valence-electron chi connectivity index (χ2n) is 6.23. The zero-order valence-electron chi connectivity index (χ0n) is 11.4.